The summed E-state index contributed by atoms with van der Waals surface area (Å²) in [5, 5.41) is 5.02. The second kappa shape index (κ2) is 10.1. The van der Waals surface area contributed by atoms with Crippen LogP contribution in [0.1, 0.15) is 18.7 Å². The van der Waals surface area contributed by atoms with Crippen LogP contribution in [0.25, 0.3) is 0 Å². The molecule has 1 N–H and O–H groups in total. The van der Waals surface area contributed by atoms with Gasteiger partial charge in [-0.25, -0.2) is 4.79 Å². The van der Waals surface area contributed by atoms with Crippen LogP contribution in [0.4, 0.5) is 10.5 Å². The van der Waals surface area contributed by atoms with Gasteiger partial charge in [0.2, 0.25) is 0 Å². The molecule has 1 heterocycles. The number of benzene rings is 1. The largest absolute Gasteiger partial charge is 0.497 e. The fraction of sp³-hybridized carbons (Fsp3) is 0.421. The maximum Gasteiger partial charge on any atom is 0.322 e. The van der Waals surface area contributed by atoms with Crippen molar-refractivity contribution in [3.8, 4) is 5.75 Å². The average molecular weight is 362 g/mol. The maximum atomic E-state index is 12.8. The molecule has 1 aromatic heterocycles. The van der Waals surface area contributed by atoms with Gasteiger partial charge in [0.15, 0.2) is 0 Å². The number of rotatable bonds is 9. The number of urea groups is 1. The molecule has 0 unspecified atom stereocenters. The monoisotopic (exact) mass is 361 g/mol. The fourth-order valence-electron chi connectivity index (χ4n) is 2.52. The minimum atomic E-state index is -0.0780. The second-order valence-corrected chi connectivity index (χ2v) is 6.72. The van der Waals surface area contributed by atoms with Gasteiger partial charge in [-0.15, -0.1) is 11.3 Å². The third-order valence-corrected chi connectivity index (χ3v) is 5.00. The van der Waals surface area contributed by atoms with Crippen molar-refractivity contribution in [3.63, 3.8) is 0 Å². The van der Waals surface area contributed by atoms with E-state index < -0.39 is 0 Å². The summed E-state index contributed by atoms with van der Waals surface area (Å²) in [6, 6.07) is 11.4. The topological polar surface area (TPSA) is 44.8 Å². The summed E-state index contributed by atoms with van der Waals surface area (Å²) in [5.74, 6) is 0.773. The summed E-state index contributed by atoms with van der Waals surface area (Å²) >= 11 is 1.67. The van der Waals surface area contributed by atoms with E-state index in [0.29, 0.717) is 13.1 Å². The van der Waals surface area contributed by atoms with E-state index in [1.807, 2.05) is 40.6 Å². The molecule has 0 aliphatic rings. The number of hydrogen-bond acceptors (Lipinski definition) is 4. The molecule has 2 aromatic rings. The van der Waals surface area contributed by atoms with Crippen LogP contribution in [0.15, 0.2) is 41.8 Å². The summed E-state index contributed by atoms with van der Waals surface area (Å²) in [6.45, 7) is 8.46. The molecular formula is C19H27N3O2S. The molecule has 0 atom stereocenters. The van der Waals surface area contributed by atoms with Crippen molar-refractivity contribution < 1.29 is 9.53 Å². The number of likely N-dealkylation sites (N-methyl/N-ethyl adjacent to an activating group) is 1. The molecule has 0 fully saturated rings. The Labute approximate surface area is 154 Å². The summed E-state index contributed by atoms with van der Waals surface area (Å²) in [6.07, 6.45) is 0. The van der Waals surface area contributed by atoms with Crippen LogP contribution < -0.4 is 10.1 Å². The zero-order valence-electron chi connectivity index (χ0n) is 15.2. The summed E-state index contributed by atoms with van der Waals surface area (Å²) < 4.78 is 5.15. The normalized spacial score (nSPS) is 10.7. The number of anilines is 1. The van der Waals surface area contributed by atoms with Gasteiger partial charge < -0.3 is 19.9 Å². The summed E-state index contributed by atoms with van der Waals surface area (Å²) in [7, 11) is 1.63. The molecule has 0 spiro atoms. The van der Waals surface area contributed by atoms with Crippen LogP contribution in [0.5, 0.6) is 5.75 Å². The second-order valence-electron chi connectivity index (χ2n) is 5.69. The van der Waals surface area contributed by atoms with Gasteiger partial charge in [0.25, 0.3) is 0 Å². The molecule has 0 saturated carbocycles. The molecule has 0 saturated heterocycles. The van der Waals surface area contributed by atoms with Gasteiger partial charge in [-0.2, -0.15) is 0 Å². The number of carbonyl (C=O) groups is 1. The number of hydrogen-bond donors (Lipinski definition) is 1. The third kappa shape index (κ3) is 6.07. The Bertz CT molecular complexity index is 625. The predicted octanol–water partition coefficient (Wildman–Crippen LogP) is 4.13. The first-order valence-electron chi connectivity index (χ1n) is 8.61. The lowest BCUT2D eigenvalue weighted by molar-refractivity contribution is 0.195. The Hall–Kier alpha value is -2.05. The molecule has 2 amide bonds. The number of amides is 2. The smallest absolute Gasteiger partial charge is 0.322 e. The molecule has 25 heavy (non-hydrogen) atoms. The lowest BCUT2D eigenvalue weighted by Crippen LogP contribution is -2.40. The van der Waals surface area contributed by atoms with Gasteiger partial charge in [-0.1, -0.05) is 19.9 Å². The molecule has 0 bridgehead atoms. The molecule has 0 radical (unpaired) electrons. The first-order chi connectivity index (χ1) is 12.2. The molecule has 0 aliphatic carbocycles. The molecular weight excluding hydrogens is 334 g/mol. The molecule has 6 heteroatoms. The number of methoxy groups -OCH3 is 1. The third-order valence-electron chi connectivity index (χ3n) is 4.14. The predicted molar refractivity (Wildman–Crippen MR) is 105 cm³/mol. The number of ether oxygens (including phenoxy) is 1. The first-order valence-corrected chi connectivity index (χ1v) is 9.49. The van der Waals surface area contributed by atoms with Gasteiger partial charge in [0.05, 0.1) is 13.7 Å². The zero-order valence-corrected chi connectivity index (χ0v) is 16.0. The van der Waals surface area contributed by atoms with Gasteiger partial charge in [-0.3, -0.25) is 0 Å². The van der Waals surface area contributed by atoms with Crippen molar-refractivity contribution >= 4 is 23.1 Å². The van der Waals surface area contributed by atoms with E-state index in [4.69, 9.17) is 4.74 Å². The Kier molecular flexibility index (Phi) is 7.76. The van der Waals surface area contributed by atoms with E-state index in [9.17, 15) is 4.79 Å². The van der Waals surface area contributed by atoms with E-state index >= 15 is 0 Å². The quantitative estimate of drug-likeness (QED) is 0.730. The van der Waals surface area contributed by atoms with Gasteiger partial charge >= 0.3 is 6.03 Å². The van der Waals surface area contributed by atoms with Crippen molar-refractivity contribution in [2.24, 2.45) is 0 Å². The molecule has 136 valence electrons. The number of carbonyl (C=O) groups excluding carboxylic acids is 1. The maximum absolute atomic E-state index is 12.8. The first kappa shape index (κ1) is 19.3. The van der Waals surface area contributed by atoms with E-state index in [1.54, 1.807) is 18.4 Å². The molecule has 1 aromatic carbocycles. The minimum absolute atomic E-state index is 0.0780. The van der Waals surface area contributed by atoms with Crippen molar-refractivity contribution in [2.45, 2.75) is 20.4 Å². The molecule has 2 rings (SSSR count). The highest BCUT2D eigenvalue weighted by Gasteiger charge is 2.16. The van der Waals surface area contributed by atoms with Crippen LogP contribution in [-0.4, -0.2) is 49.1 Å². The Balaban J connectivity index is 2.02. The standard InChI is InChI=1S/C19H27N3O2S/c1-4-21(5-2)12-13-22(15-18-7-6-14-25-18)19(23)20-16-8-10-17(24-3)11-9-16/h6-11,14H,4-5,12-13,15H2,1-3H3,(H,20,23). The van der Waals surface area contributed by atoms with Crippen molar-refractivity contribution in [1.29, 1.82) is 0 Å². The molecule has 5 nitrogen and oxygen atoms in total. The van der Waals surface area contributed by atoms with Gasteiger partial charge in [-0.05, 0) is 48.8 Å². The minimum Gasteiger partial charge on any atom is -0.497 e. The van der Waals surface area contributed by atoms with Crippen molar-refractivity contribution in [3.05, 3.63) is 46.7 Å². The number of nitrogens with zero attached hydrogens (tertiary/aromatic N) is 2. The highest BCUT2D eigenvalue weighted by molar-refractivity contribution is 7.09. The lowest BCUT2D eigenvalue weighted by Gasteiger charge is -2.26. The lowest BCUT2D eigenvalue weighted by atomic mass is 10.3. The Morgan fingerprint density at radius 2 is 1.84 bits per heavy atom. The fourth-order valence-corrected chi connectivity index (χ4v) is 3.24. The van der Waals surface area contributed by atoms with Crippen LogP contribution in [0.2, 0.25) is 0 Å². The SMILES string of the molecule is CCN(CC)CCN(Cc1cccs1)C(=O)Nc1ccc(OC)cc1. The van der Waals surface area contributed by atoms with E-state index in [1.165, 1.54) is 4.88 Å². The van der Waals surface area contributed by atoms with Crippen molar-refractivity contribution in [1.82, 2.24) is 9.80 Å². The van der Waals surface area contributed by atoms with E-state index in [-0.39, 0.29) is 6.03 Å². The molecule has 0 aliphatic heterocycles. The summed E-state index contributed by atoms with van der Waals surface area (Å²) in [5.41, 5.74) is 0.768. The van der Waals surface area contributed by atoms with Gasteiger partial charge in [0.1, 0.15) is 5.75 Å². The number of nitrogens with one attached hydrogen (secondary N) is 1. The zero-order chi connectivity index (χ0) is 18.1. The van der Waals surface area contributed by atoms with E-state index in [0.717, 1.165) is 31.1 Å². The van der Waals surface area contributed by atoms with Crippen LogP contribution in [0.3, 0.4) is 0 Å². The summed E-state index contributed by atoms with van der Waals surface area (Å²) in [4.78, 5) is 18.1. The van der Waals surface area contributed by atoms with Gasteiger partial charge in [0, 0.05) is 23.7 Å². The van der Waals surface area contributed by atoms with Crippen molar-refractivity contribution in [2.75, 3.05) is 38.6 Å². The average Bonchev–Trinajstić information content (AvgIpc) is 3.15. The Morgan fingerprint density at radius 1 is 1.12 bits per heavy atom. The van der Waals surface area contributed by atoms with Crippen LogP contribution >= 0.6 is 11.3 Å². The van der Waals surface area contributed by atoms with Crippen LogP contribution in [-0.2, 0) is 6.54 Å². The highest BCUT2D eigenvalue weighted by Crippen LogP contribution is 2.17. The van der Waals surface area contributed by atoms with E-state index in [2.05, 4.69) is 30.1 Å². The Morgan fingerprint density at radius 3 is 2.40 bits per heavy atom. The number of thiophene rings is 1. The highest BCUT2D eigenvalue weighted by atomic mass is 32.1. The van der Waals surface area contributed by atoms with Crippen LogP contribution in [0, 0.1) is 0 Å².